The minimum absolute atomic E-state index is 1.02. The van der Waals surface area contributed by atoms with E-state index in [2.05, 4.69) is 157 Å². The number of hydrogen-bond acceptors (Lipinski definition) is 0. The van der Waals surface area contributed by atoms with E-state index in [0.29, 0.717) is 0 Å². The Morgan fingerprint density at radius 1 is 0.289 bits per heavy atom. The third-order valence-electron chi connectivity index (χ3n) is 7.06. The summed E-state index contributed by atoms with van der Waals surface area (Å²) >= 11 is 0. The molecule has 0 spiro atoms. The first kappa shape index (κ1) is 21.9. The summed E-state index contributed by atoms with van der Waals surface area (Å²) in [6, 6.07) is 46.7. The van der Waals surface area contributed by atoms with Gasteiger partial charge in [-0.25, -0.2) is 0 Å². The molecule has 0 nitrogen and oxygen atoms in total. The van der Waals surface area contributed by atoms with Gasteiger partial charge in [0.15, 0.2) is 0 Å². The molecule has 0 amide bonds. The summed E-state index contributed by atoms with van der Waals surface area (Å²) in [4.78, 5) is 0. The number of fused-ring (bicyclic) bond motifs is 4. The quantitative estimate of drug-likeness (QED) is 0.151. The molecule has 0 N–H and O–H groups in total. The largest absolute Gasteiger partial charge is 0.0616 e. The zero-order chi connectivity index (χ0) is 25.3. The second-order valence-electron chi connectivity index (χ2n) is 9.53. The van der Waals surface area contributed by atoms with Crippen LogP contribution in [0.15, 0.2) is 133 Å². The minimum atomic E-state index is 1.02. The fraction of sp³-hybridized carbons (Fsp3) is 0. The molecule has 0 aromatic heterocycles. The highest BCUT2D eigenvalue weighted by Crippen LogP contribution is 2.28. The summed E-state index contributed by atoms with van der Waals surface area (Å²) in [7, 11) is 0. The van der Waals surface area contributed by atoms with Crippen LogP contribution in [0.2, 0.25) is 0 Å². The molecule has 0 atom stereocenters. The van der Waals surface area contributed by atoms with Crippen molar-refractivity contribution in [1.29, 1.82) is 0 Å². The van der Waals surface area contributed by atoms with Crippen molar-refractivity contribution in [2.24, 2.45) is 0 Å². The van der Waals surface area contributed by atoms with Crippen LogP contribution in [0.25, 0.3) is 43.1 Å². The Balaban J connectivity index is 1.28. The zero-order valence-corrected chi connectivity index (χ0v) is 20.7. The van der Waals surface area contributed by atoms with E-state index in [4.69, 9.17) is 0 Å². The second-order valence-corrected chi connectivity index (χ2v) is 9.53. The lowest BCUT2D eigenvalue weighted by Gasteiger charge is -2.06. The normalized spacial score (nSPS) is 10.7. The molecule has 0 saturated heterocycles. The maximum Gasteiger partial charge on any atom is 0.0327 e. The van der Waals surface area contributed by atoms with Crippen molar-refractivity contribution in [3.63, 3.8) is 0 Å². The molecule has 0 fully saturated rings. The van der Waals surface area contributed by atoms with Crippen molar-refractivity contribution in [1.82, 2.24) is 0 Å². The van der Waals surface area contributed by atoms with Crippen LogP contribution in [0.1, 0.15) is 22.3 Å². The summed E-state index contributed by atoms with van der Waals surface area (Å²) in [6.07, 6.45) is 0. The molecule has 0 heterocycles. The van der Waals surface area contributed by atoms with Crippen LogP contribution in [-0.4, -0.2) is 0 Å². The summed E-state index contributed by atoms with van der Waals surface area (Å²) in [5.41, 5.74) is 4.11. The Bertz CT molecular complexity index is 1980. The predicted octanol–water partition coefficient (Wildman–Crippen LogP) is 9.10. The van der Waals surface area contributed by atoms with Crippen molar-refractivity contribution >= 4 is 43.1 Å². The van der Waals surface area contributed by atoms with Gasteiger partial charge in [0.05, 0.1) is 0 Å². The molecule has 7 rings (SSSR count). The highest BCUT2D eigenvalue weighted by molar-refractivity contribution is 6.03. The van der Waals surface area contributed by atoms with Crippen LogP contribution in [0.4, 0.5) is 0 Å². The van der Waals surface area contributed by atoms with E-state index in [1.165, 1.54) is 32.3 Å². The molecule has 174 valence electrons. The van der Waals surface area contributed by atoms with Gasteiger partial charge < -0.3 is 0 Å². The number of benzene rings is 7. The topological polar surface area (TPSA) is 0 Å². The van der Waals surface area contributed by atoms with E-state index in [1.807, 2.05) is 0 Å². The van der Waals surface area contributed by atoms with Crippen molar-refractivity contribution in [3.8, 4) is 23.7 Å². The van der Waals surface area contributed by atoms with Gasteiger partial charge in [-0.15, -0.1) is 0 Å². The van der Waals surface area contributed by atoms with Crippen LogP contribution < -0.4 is 0 Å². The van der Waals surface area contributed by atoms with Gasteiger partial charge in [0.2, 0.25) is 0 Å². The minimum Gasteiger partial charge on any atom is -0.0616 e. The summed E-state index contributed by atoms with van der Waals surface area (Å²) in [6.45, 7) is 0. The monoisotopic (exact) mass is 478 g/mol. The van der Waals surface area contributed by atoms with Gasteiger partial charge in [-0.1, -0.05) is 109 Å². The molecular formula is C38H22. The van der Waals surface area contributed by atoms with Crippen LogP contribution >= 0.6 is 0 Å². The first-order valence-electron chi connectivity index (χ1n) is 12.8. The molecule has 0 aliphatic rings. The smallest absolute Gasteiger partial charge is 0.0327 e. The Hall–Kier alpha value is -5.30. The van der Waals surface area contributed by atoms with Crippen molar-refractivity contribution < 1.29 is 0 Å². The van der Waals surface area contributed by atoms with E-state index < -0.39 is 0 Å². The van der Waals surface area contributed by atoms with Crippen LogP contribution in [-0.2, 0) is 0 Å². The molecule has 0 unspecified atom stereocenters. The predicted molar refractivity (Wildman–Crippen MR) is 161 cm³/mol. The van der Waals surface area contributed by atoms with E-state index >= 15 is 0 Å². The van der Waals surface area contributed by atoms with E-state index in [9.17, 15) is 0 Å². The Morgan fingerprint density at radius 3 is 1.18 bits per heavy atom. The average Bonchev–Trinajstić information content (AvgIpc) is 2.97. The van der Waals surface area contributed by atoms with Gasteiger partial charge in [-0.2, -0.15) is 0 Å². The van der Waals surface area contributed by atoms with Crippen molar-refractivity contribution in [2.75, 3.05) is 0 Å². The van der Waals surface area contributed by atoms with Gasteiger partial charge in [0.1, 0.15) is 0 Å². The lowest BCUT2D eigenvalue weighted by Crippen LogP contribution is -1.85. The lowest BCUT2D eigenvalue weighted by atomic mass is 9.97. The molecule has 38 heavy (non-hydrogen) atoms. The summed E-state index contributed by atoms with van der Waals surface area (Å²) in [5.74, 6) is 13.6. The maximum atomic E-state index is 3.43. The zero-order valence-electron chi connectivity index (χ0n) is 20.7. The molecule has 0 saturated carbocycles. The SMILES string of the molecule is C(#Cc1cccc2cc3c(C#Cc4ccc5ccccc5c4)cccc3cc12)c1ccc2ccccc2c1. The van der Waals surface area contributed by atoms with Gasteiger partial charge in [0.25, 0.3) is 0 Å². The highest BCUT2D eigenvalue weighted by atomic mass is 14.1. The standard InChI is InChI=1S/C38H22/c1-3-9-33-23-27(15-19-29(33)7-1)17-21-31-11-5-13-35-26-38-32(12-6-14-36(38)25-37(31)35)22-18-28-16-20-30-8-2-4-10-34(30)24-28/h1-16,19-20,23-26H. The molecular weight excluding hydrogens is 456 g/mol. The Kier molecular flexibility index (Phi) is 5.37. The van der Waals surface area contributed by atoms with Gasteiger partial charge in [-0.3, -0.25) is 0 Å². The Labute approximate surface area is 222 Å². The third kappa shape index (κ3) is 4.16. The van der Waals surface area contributed by atoms with Crippen LogP contribution in [0, 0.1) is 23.7 Å². The van der Waals surface area contributed by atoms with Crippen LogP contribution in [0.5, 0.6) is 0 Å². The molecule has 7 aromatic carbocycles. The fourth-order valence-corrected chi connectivity index (χ4v) is 5.08. The van der Waals surface area contributed by atoms with E-state index in [1.54, 1.807) is 0 Å². The summed E-state index contributed by atoms with van der Waals surface area (Å²) < 4.78 is 0. The highest BCUT2D eigenvalue weighted by Gasteiger charge is 2.05. The number of hydrogen-bond donors (Lipinski definition) is 0. The van der Waals surface area contributed by atoms with Gasteiger partial charge in [-0.05, 0) is 91.6 Å². The van der Waals surface area contributed by atoms with Crippen molar-refractivity contribution in [3.05, 3.63) is 156 Å². The molecule has 0 bridgehead atoms. The fourth-order valence-electron chi connectivity index (χ4n) is 5.08. The second kappa shape index (κ2) is 9.29. The average molecular weight is 479 g/mol. The molecule has 0 aliphatic heterocycles. The molecule has 0 aliphatic carbocycles. The van der Waals surface area contributed by atoms with Gasteiger partial charge >= 0.3 is 0 Å². The van der Waals surface area contributed by atoms with E-state index in [0.717, 1.165) is 33.0 Å². The lowest BCUT2D eigenvalue weighted by molar-refractivity contribution is 1.67. The van der Waals surface area contributed by atoms with Gasteiger partial charge in [0, 0.05) is 22.3 Å². The molecule has 7 aromatic rings. The molecule has 0 heteroatoms. The number of rotatable bonds is 0. The van der Waals surface area contributed by atoms with E-state index in [-0.39, 0.29) is 0 Å². The first-order chi connectivity index (χ1) is 18.8. The summed E-state index contributed by atoms with van der Waals surface area (Å²) in [5, 5.41) is 9.54. The van der Waals surface area contributed by atoms with Crippen LogP contribution in [0.3, 0.4) is 0 Å². The maximum absolute atomic E-state index is 3.43. The van der Waals surface area contributed by atoms with Crippen molar-refractivity contribution in [2.45, 2.75) is 0 Å². The molecule has 0 radical (unpaired) electrons. The first-order valence-corrected chi connectivity index (χ1v) is 12.8. The Morgan fingerprint density at radius 2 is 0.711 bits per heavy atom. The third-order valence-corrected chi connectivity index (χ3v) is 7.06.